The van der Waals surface area contributed by atoms with E-state index in [0.717, 1.165) is 5.69 Å². The highest BCUT2D eigenvalue weighted by Crippen LogP contribution is 2.25. The zero-order valence-corrected chi connectivity index (χ0v) is 10.5. The first kappa shape index (κ1) is 12.8. The molecular formula is C13H14N4O2. The number of hydrogen-bond acceptors (Lipinski definition) is 5. The molecule has 98 valence electrons. The van der Waals surface area contributed by atoms with Gasteiger partial charge in [-0.15, -0.1) is 0 Å². The van der Waals surface area contributed by atoms with Gasteiger partial charge in [-0.1, -0.05) is 0 Å². The Morgan fingerprint density at radius 2 is 2.26 bits per heavy atom. The van der Waals surface area contributed by atoms with Gasteiger partial charge >= 0.3 is 0 Å². The van der Waals surface area contributed by atoms with E-state index in [9.17, 15) is 4.79 Å². The van der Waals surface area contributed by atoms with E-state index in [1.807, 2.05) is 0 Å². The Morgan fingerprint density at radius 1 is 1.42 bits per heavy atom. The van der Waals surface area contributed by atoms with Crippen LogP contribution in [-0.4, -0.2) is 23.0 Å². The van der Waals surface area contributed by atoms with Gasteiger partial charge in [0.05, 0.1) is 31.2 Å². The highest BCUT2D eigenvalue weighted by atomic mass is 16.5. The molecule has 0 spiro atoms. The maximum Gasteiger partial charge on any atom is 0.248 e. The van der Waals surface area contributed by atoms with Gasteiger partial charge in [0.2, 0.25) is 5.91 Å². The van der Waals surface area contributed by atoms with E-state index in [2.05, 4.69) is 15.3 Å². The number of nitrogens with zero attached hydrogens (tertiary/aromatic N) is 2. The number of aromatic nitrogens is 2. The van der Waals surface area contributed by atoms with Crippen molar-refractivity contribution < 1.29 is 9.53 Å². The Balaban J connectivity index is 2.18. The quantitative estimate of drug-likeness (QED) is 0.840. The Labute approximate surface area is 110 Å². The summed E-state index contributed by atoms with van der Waals surface area (Å²) in [4.78, 5) is 19.3. The van der Waals surface area contributed by atoms with Crippen molar-refractivity contribution in [1.82, 2.24) is 9.97 Å². The van der Waals surface area contributed by atoms with Gasteiger partial charge in [0.1, 0.15) is 5.75 Å². The van der Waals surface area contributed by atoms with Crippen LogP contribution in [-0.2, 0) is 6.54 Å². The number of benzene rings is 1. The number of anilines is 1. The number of methoxy groups -OCH3 is 1. The molecule has 0 saturated heterocycles. The Bertz CT molecular complexity index is 572. The molecule has 2 aromatic rings. The lowest BCUT2D eigenvalue weighted by molar-refractivity contribution is 0.100. The summed E-state index contributed by atoms with van der Waals surface area (Å²) in [6.45, 7) is 0.479. The molecule has 3 N–H and O–H groups in total. The van der Waals surface area contributed by atoms with Crippen LogP contribution in [0.3, 0.4) is 0 Å². The number of primary amides is 1. The molecule has 0 aliphatic rings. The fourth-order valence-corrected chi connectivity index (χ4v) is 1.61. The predicted molar refractivity (Wildman–Crippen MR) is 70.9 cm³/mol. The molecule has 0 atom stereocenters. The summed E-state index contributed by atoms with van der Waals surface area (Å²) in [6, 6.07) is 4.96. The van der Waals surface area contributed by atoms with Crippen molar-refractivity contribution in [2.45, 2.75) is 6.54 Å². The van der Waals surface area contributed by atoms with Gasteiger partial charge in [-0.2, -0.15) is 0 Å². The van der Waals surface area contributed by atoms with Crippen LogP contribution < -0.4 is 15.8 Å². The highest BCUT2D eigenvalue weighted by Gasteiger charge is 2.07. The summed E-state index contributed by atoms with van der Waals surface area (Å²) in [5.41, 5.74) is 7.14. The van der Waals surface area contributed by atoms with Crippen LogP contribution in [0.15, 0.2) is 36.8 Å². The first-order valence-corrected chi connectivity index (χ1v) is 5.67. The largest absolute Gasteiger partial charge is 0.495 e. The normalized spacial score (nSPS) is 9.95. The fraction of sp³-hybridized carbons (Fsp3) is 0.154. The topological polar surface area (TPSA) is 90.1 Å². The highest BCUT2D eigenvalue weighted by molar-refractivity contribution is 5.94. The van der Waals surface area contributed by atoms with Crippen molar-refractivity contribution in [3.05, 3.63) is 48.0 Å². The lowest BCUT2D eigenvalue weighted by atomic mass is 10.1. The van der Waals surface area contributed by atoms with E-state index in [4.69, 9.17) is 10.5 Å². The number of nitrogens with one attached hydrogen (secondary N) is 1. The first-order chi connectivity index (χ1) is 9.20. The molecule has 1 heterocycles. The van der Waals surface area contributed by atoms with Gasteiger partial charge < -0.3 is 15.8 Å². The second-order valence-corrected chi connectivity index (χ2v) is 3.83. The number of carbonyl (C=O) groups excluding carboxylic acids is 1. The van der Waals surface area contributed by atoms with E-state index in [0.29, 0.717) is 23.5 Å². The maximum absolute atomic E-state index is 11.2. The van der Waals surface area contributed by atoms with Crippen molar-refractivity contribution in [3.8, 4) is 5.75 Å². The van der Waals surface area contributed by atoms with Crippen molar-refractivity contribution in [2.75, 3.05) is 12.4 Å². The zero-order chi connectivity index (χ0) is 13.7. The molecule has 6 nitrogen and oxygen atoms in total. The molecule has 0 fully saturated rings. The monoisotopic (exact) mass is 258 g/mol. The summed E-state index contributed by atoms with van der Waals surface area (Å²) in [5, 5.41) is 3.14. The predicted octanol–water partition coefficient (Wildman–Crippen LogP) is 1.20. The third-order valence-corrected chi connectivity index (χ3v) is 2.56. The summed E-state index contributed by atoms with van der Waals surface area (Å²) in [6.07, 6.45) is 4.89. The molecule has 6 heteroatoms. The van der Waals surface area contributed by atoms with Crippen molar-refractivity contribution in [1.29, 1.82) is 0 Å². The SMILES string of the molecule is COc1ccc(C(N)=O)cc1NCc1cnccn1. The molecule has 0 unspecified atom stereocenters. The standard InChI is InChI=1S/C13H14N4O2/c1-19-12-3-2-9(13(14)18)6-11(12)17-8-10-7-15-4-5-16-10/h2-7,17H,8H2,1H3,(H2,14,18). The molecule has 0 aliphatic heterocycles. The van der Waals surface area contributed by atoms with E-state index in [1.54, 1.807) is 43.9 Å². The minimum absolute atomic E-state index is 0.419. The molecule has 0 saturated carbocycles. The number of carbonyl (C=O) groups is 1. The molecule has 1 amide bonds. The summed E-state index contributed by atoms with van der Waals surface area (Å²) in [7, 11) is 1.56. The molecule has 0 radical (unpaired) electrons. The number of rotatable bonds is 5. The number of ether oxygens (including phenoxy) is 1. The molecule has 0 bridgehead atoms. The Kier molecular flexibility index (Phi) is 3.92. The molecule has 2 rings (SSSR count). The summed E-state index contributed by atoms with van der Waals surface area (Å²) >= 11 is 0. The van der Waals surface area contributed by atoms with Gasteiger partial charge in [-0.05, 0) is 18.2 Å². The summed E-state index contributed by atoms with van der Waals surface area (Å²) < 4.78 is 5.22. The second kappa shape index (κ2) is 5.81. The maximum atomic E-state index is 11.2. The van der Waals surface area contributed by atoms with Gasteiger partial charge in [0.25, 0.3) is 0 Å². The van der Waals surface area contributed by atoms with Gasteiger partial charge in [-0.25, -0.2) is 0 Å². The van der Waals surface area contributed by atoms with E-state index < -0.39 is 5.91 Å². The van der Waals surface area contributed by atoms with Gasteiger partial charge in [-0.3, -0.25) is 14.8 Å². The molecule has 1 aromatic carbocycles. The van der Waals surface area contributed by atoms with Crippen LogP contribution in [0.2, 0.25) is 0 Å². The lowest BCUT2D eigenvalue weighted by Crippen LogP contribution is -2.12. The van der Waals surface area contributed by atoms with Crippen molar-refractivity contribution >= 4 is 11.6 Å². The molecule has 19 heavy (non-hydrogen) atoms. The molecular weight excluding hydrogens is 244 g/mol. The average Bonchev–Trinajstić information content (AvgIpc) is 2.45. The van der Waals surface area contributed by atoms with Crippen LogP contribution in [0, 0.1) is 0 Å². The minimum atomic E-state index is -0.481. The fourth-order valence-electron chi connectivity index (χ4n) is 1.61. The van der Waals surface area contributed by atoms with E-state index in [-0.39, 0.29) is 0 Å². The van der Waals surface area contributed by atoms with Crippen LogP contribution in [0.1, 0.15) is 16.1 Å². The van der Waals surface area contributed by atoms with Crippen LogP contribution in [0.25, 0.3) is 0 Å². The number of hydrogen-bond donors (Lipinski definition) is 2. The van der Waals surface area contributed by atoms with E-state index in [1.165, 1.54) is 0 Å². The number of nitrogens with two attached hydrogens (primary N) is 1. The second-order valence-electron chi connectivity index (χ2n) is 3.83. The van der Waals surface area contributed by atoms with Crippen molar-refractivity contribution in [2.24, 2.45) is 5.73 Å². The van der Waals surface area contributed by atoms with Crippen LogP contribution >= 0.6 is 0 Å². The Morgan fingerprint density at radius 3 is 2.89 bits per heavy atom. The van der Waals surface area contributed by atoms with Crippen molar-refractivity contribution in [3.63, 3.8) is 0 Å². The van der Waals surface area contributed by atoms with Gasteiger partial charge in [0, 0.05) is 18.0 Å². The first-order valence-electron chi connectivity index (χ1n) is 5.67. The number of amides is 1. The lowest BCUT2D eigenvalue weighted by Gasteiger charge is -2.11. The third kappa shape index (κ3) is 3.19. The van der Waals surface area contributed by atoms with E-state index >= 15 is 0 Å². The third-order valence-electron chi connectivity index (χ3n) is 2.56. The zero-order valence-electron chi connectivity index (χ0n) is 10.5. The van der Waals surface area contributed by atoms with Crippen LogP contribution in [0.4, 0.5) is 5.69 Å². The Hall–Kier alpha value is -2.63. The average molecular weight is 258 g/mol. The molecule has 1 aromatic heterocycles. The van der Waals surface area contributed by atoms with Gasteiger partial charge in [0.15, 0.2) is 0 Å². The minimum Gasteiger partial charge on any atom is -0.495 e. The molecule has 0 aliphatic carbocycles. The smallest absolute Gasteiger partial charge is 0.248 e. The van der Waals surface area contributed by atoms with Crippen LogP contribution in [0.5, 0.6) is 5.75 Å². The summed E-state index contributed by atoms with van der Waals surface area (Å²) in [5.74, 6) is 0.152.